The lowest BCUT2D eigenvalue weighted by molar-refractivity contribution is 0.142. The fraction of sp³-hybridized carbons (Fsp3) is 0.478. The minimum atomic E-state index is 0.288. The first-order valence-corrected chi connectivity index (χ1v) is 11.1. The van der Waals surface area contributed by atoms with Crippen molar-refractivity contribution in [3.8, 4) is 5.75 Å². The van der Waals surface area contributed by atoms with E-state index >= 15 is 0 Å². The van der Waals surface area contributed by atoms with Crippen LogP contribution in [0.4, 0.5) is 11.8 Å². The molecular formula is C23H33N7O. The Morgan fingerprint density at radius 3 is 2.74 bits per heavy atom. The molecule has 0 amide bonds. The zero-order valence-corrected chi connectivity index (χ0v) is 18.5. The Morgan fingerprint density at radius 2 is 2.00 bits per heavy atom. The molecule has 5 N–H and O–H groups in total. The summed E-state index contributed by atoms with van der Waals surface area (Å²) >= 11 is 0. The van der Waals surface area contributed by atoms with Gasteiger partial charge >= 0.3 is 0 Å². The van der Waals surface area contributed by atoms with E-state index in [9.17, 15) is 0 Å². The second kappa shape index (κ2) is 9.53. The van der Waals surface area contributed by atoms with Crippen molar-refractivity contribution < 1.29 is 4.74 Å². The summed E-state index contributed by atoms with van der Waals surface area (Å²) in [6.45, 7) is 6.54. The number of anilines is 2. The molecule has 1 saturated heterocycles. The number of methoxy groups -OCH3 is 1. The Kier molecular flexibility index (Phi) is 6.58. The van der Waals surface area contributed by atoms with Crippen LogP contribution in [0.2, 0.25) is 0 Å². The summed E-state index contributed by atoms with van der Waals surface area (Å²) in [5.41, 5.74) is 16.0. The quantitative estimate of drug-likeness (QED) is 0.430. The fourth-order valence-corrected chi connectivity index (χ4v) is 4.16. The SMILES string of the molecule is CCCCCNc1nc(N)nc2ccn(Cc3ccc(CN4CC(N)C4)cc3OC)c12. The Morgan fingerprint density at radius 1 is 1.16 bits per heavy atom. The molecule has 31 heavy (non-hydrogen) atoms. The van der Waals surface area contributed by atoms with Crippen molar-refractivity contribution in [3.63, 3.8) is 0 Å². The Hall–Kier alpha value is -2.84. The molecule has 0 atom stereocenters. The molecule has 1 aromatic carbocycles. The third kappa shape index (κ3) is 4.91. The van der Waals surface area contributed by atoms with Gasteiger partial charge in [-0.15, -0.1) is 0 Å². The molecule has 0 radical (unpaired) electrons. The summed E-state index contributed by atoms with van der Waals surface area (Å²) in [5.74, 6) is 1.96. The molecule has 1 aliphatic rings. The number of benzene rings is 1. The first-order chi connectivity index (χ1) is 15.1. The maximum absolute atomic E-state index is 5.94. The number of hydrogen-bond donors (Lipinski definition) is 3. The molecular weight excluding hydrogens is 390 g/mol. The standard InChI is InChI=1S/C23H33N7O/c1-3-4-5-9-26-22-21-19(27-23(25)28-22)8-10-30(21)13-17-7-6-16(11-20(17)31-2)12-29-14-18(24)15-29/h6-8,10-11,18H,3-5,9,12-15,24H2,1-2H3,(H3,25,26,27,28). The van der Waals surface area contributed by atoms with Gasteiger partial charge in [-0.1, -0.05) is 31.9 Å². The van der Waals surface area contributed by atoms with E-state index in [2.05, 4.69) is 49.9 Å². The number of fused-ring (bicyclic) bond motifs is 1. The van der Waals surface area contributed by atoms with E-state index in [1.807, 2.05) is 12.3 Å². The van der Waals surface area contributed by atoms with Gasteiger partial charge in [0.05, 0.1) is 19.2 Å². The van der Waals surface area contributed by atoms with E-state index in [4.69, 9.17) is 16.2 Å². The van der Waals surface area contributed by atoms with E-state index in [0.29, 0.717) is 12.6 Å². The molecule has 3 aromatic rings. The number of nitrogens with one attached hydrogen (secondary N) is 1. The molecule has 0 spiro atoms. The lowest BCUT2D eigenvalue weighted by Crippen LogP contribution is -2.54. The van der Waals surface area contributed by atoms with Crippen molar-refractivity contribution in [2.24, 2.45) is 5.73 Å². The molecule has 0 bridgehead atoms. The van der Waals surface area contributed by atoms with Crippen LogP contribution in [0, 0.1) is 0 Å². The lowest BCUT2D eigenvalue weighted by Gasteiger charge is -2.36. The molecule has 0 aliphatic carbocycles. The van der Waals surface area contributed by atoms with Crippen LogP contribution in [-0.2, 0) is 13.1 Å². The van der Waals surface area contributed by atoms with Crippen LogP contribution >= 0.6 is 0 Å². The zero-order valence-electron chi connectivity index (χ0n) is 18.5. The Bertz CT molecular complexity index is 1030. The maximum Gasteiger partial charge on any atom is 0.222 e. The van der Waals surface area contributed by atoms with Crippen molar-refractivity contribution in [2.75, 3.05) is 37.8 Å². The summed E-state index contributed by atoms with van der Waals surface area (Å²) < 4.78 is 7.87. The molecule has 8 nitrogen and oxygen atoms in total. The molecule has 8 heteroatoms. The smallest absolute Gasteiger partial charge is 0.222 e. The number of aromatic nitrogens is 3. The molecule has 166 valence electrons. The van der Waals surface area contributed by atoms with Gasteiger partial charge in [0.1, 0.15) is 11.3 Å². The number of likely N-dealkylation sites (tertiary alicyclic amines) is 1. The highest BCUT2D eigenvalue weighted by atomic mass is 16.5. The fourth-order valence-electron chi connectivity index (χ4n) is 4.16. The molecule has 1 fully saturated rings. The zero-order chi connectivity index (χ0) is 21.8. The molecule has 0 unspecified atom stereocenters. The largest absolute Gasteiger partial charge is 0.496 e. The van der Waals surface area contributed by atoms with Crippen LogP contribution in [0.3, 0.4) is 0 Å². The van der Waals surface area contributed by atoms with Gasteiger partial charge in [0.2, 0.25) is 5.95 Å². The summed E-state index contributed by atoms with van der Waals surface area (Å²) in [6, 6.07) is 8.74. The number of ether oxygens (including phenoxy) is 1. The number of rotatable bonds is 10. The lowest BCUT2D eigenvalue weighted by atomic mass is 10.1. The van der Waals surface area contributed by atoms with E-state index in [1.165, 1.54) is 18.4 Å². The Balaban J connectivity index is 1.56. The highest BCUT2D eigenvalue weighted by Gasteiger charge is 2.23. The maximum atomic E-state index is 5.94. The minimum absolute atomic E-state index is 0.288. The van der Waals surface area contributed by atoms with E-state index in [-0.39, 0.29) is 5.95 Å². The Labute approximate surface area is 183 Å². The predicted octanol–water partition coefficient (Wildman–Crippen LogP) is 2.82. The minimum Gasteiger partial charge on any atom is -0.496 e. The van der Waals surface area contributed by atoms with Crippen LogP contribution in [0.1, 0.15) is 37.3 Å². The van der Waals surface area contributed by atoms with Gasteiger partial charge in [-0.3, -0.25) is 4.90 Å². The van der Waals surface area contributed by atoms with Crippen LogP contribution in [0.5, 0.6) is 5.75 Å². The van der Waals surface area contributed by atoms with Crippen LogP contribution < -0.4 is 21.5 Å². The second-order valence-electron chi connectivity index (χ2n) is 8.34. The van der Waals surface area contributed by atoms with E-state index in [1.54, 1.807) is 7.11 Å². The third-order valence-electron chi connectivity index (χ3n) is 5.78. The number of nitrogens with two attached hydrogens (primary N) is 2. The summed E-state index contributed by atoms with van der Waals surface area (Å²) in [6.07, 6.45) is 5.50. The molecule has 1 aliphatic heterocycles. The normalized spacial score (nSPS) is 14.7. The first kappa shape index (κ1) is 21.4. The summed E-state index contributed by atoms with van der Waals surface area (Å²) in [5, 5.41) is 3.45. The average Bonchev–Trinajstić information content (AvgIpc) is 3.13. The van der Waals surface area contributed by atoms with Crippen molar-refractivity contribution in [3.05, 3.63) is 41.6 Å². The van der Waals surface area contributed by atoms with Crippen molar-refractivity contribution in [1.29, 1.82) is 0 Å². The van der Waals surface area contributed by atoms with Gasteiger partial charge in [-0.05, 0) is 24.1 Å². The number of hydrogen-bond acceptors (Lipinski definition) is 7. The van der Waals surface area contributed by atoms with Crippen molar-refractivity contribution in [1.82, 2.24) is 19.4 Å². The van der Waals surface area contributed by atoms with Crippen LogP contribution in [0.15, 0.2) is 30.5 Å². The van der Waals surface area contributed by atoms with Gasteiger partial charge in [-0.2, -0.15) is 4.98 Å². The number of nitrogen functional groups attached to an aromatic ring is 1. The van der Waals surface area contributed by atoms with Gasteiger partial charge in [0, 0.05) is 44.0 Å². The van der Waals surface area contributed by atoms with E-state index < -0.39 is 0 Å². The van der Waals surface area contributed by atoms with Crippen molar-refractivity contribution in [2.45, 2.75) is 45.3 Å². The summed E-state index contributed by atoms with van der Waals surface area (Å²) in [4.78, 5) is 11.2. The second-order valence-corrected chi connectivity index (χ2v) is 8.34. The van der Waals surface area contributed by atoms with Crippen LogP contribution in [-0.4, -0.2) is 52.2 Å². The molecule has 0 saturated carbocycles. The highest BCUT2D eigenvalue weighted by molar-refractivity contribution is 5.87. The highest BCUT2D eigenvalue weighted by Crippen LogP contribution is 2.27. The molecule has 2 aromatic heterocycles. The monoisotopic (exact) mass is 423 g/mol. The average molecular weight is 424 g/mol. The third-order valence-corrected chi connectivity index (χ3v) is 5.78. The van der Waals surface area contributed by atoms with E-state index in [0.717, 1.165) is 60.8 Å². The summed E-state index contributed by atoms with van der Waals surface area (Å²) in [7, 11) is 1.72. The topological polar surface area (TPSA) is 107 Å². The number of unbranched alkanes of at least 4 members (excludes halogenated alkanes) is 2. The first-order valence-electron chi connectivity index (χ1n) is 11.1. The predicted molar refractivity (Wildman–Crippen MR) is 125 cm³/mol. The molecule has 4 rings (SSSR count). The van der Waals surface area contributed by atoms with Crippen molar-refractivity contribution >= 4 is 22.8 Å². The molecule has 3 heterocycles. The van der Waals surface area contributed by atoms with Gasteiger partial charge < -0.3 is 26.1 Å². The number of nitrogens with zero attached hydrogens (tertiary/aromatic N) is 4. The van der Waals surface area contributed by atoms with Gasteiger partial charge in [0.15, 0.2) is 5.82 Å². The van der Waals surface area contributed by atoms with Crippen LogP contribution in [0.25, 0.3) is 11.0 Å². The van der Waals surface area contributed by atoms with Gasteiger partial charge in [-0.25, -0.2) is 4.98 Å². The van der Waals surface area contributed by atoms with Gasteiger partial charge in [0.25, 0.3) is 0 Å².